The van der Waals surface area contributed by atoms with Crippen LogP contribution in [0.4, 0.5) is 5.82 Å². The van der Waals surface area contributed by atoms with Gasteiger partial charge in [0.1, 0.15) is 6.04 Å². The molecule has 0 aliphatic carbocycles. The fourth-order valence-corrected chi connectivity index (χ4v) is 3.09. The number of piperidine rings is 1. The van der Waals surface area contributed by atoms with Crippen LogP contribution < -0.4 is 10.2 Å². The van der Waals surface area contributed by atoms with Gasteiger partial charge in [-0.15, -0.1) is 10.2 Å². The van der Waals surface area contributed by atoms with Gasteiger partial charge in [0.15, 0.2) is 11.0 Å². The summed E-state index contributed by atoms with van der Waals surface area (Å²) in [6.07, 6.45) is 6.00. The second-order valence-corrected chi connectivity index (χ2v) is 6.28. The van der Waals surface area contributed by atoms with Gasteiger partial charge in [-0.05, 0) is 37.5 Å². The fourth-order valence-electron chi connectivity index (χ4n) is 2.99. The molecule has 1 unspecified atom stereocenters. The maximum absolute atomic E-state index is 12.5. The van der Waals surface area contributed by atoms with Gasteiger partial charge in [0.2, 0.25) is 5.91 Å². The molecule has 0 radical (unpaired) electrons. The van der Waals surface area contributed by atoms with Crippen LogP contribution in [0.25, 0.3) is 0 Å². The predicted molar refractivity (Wildman–Crippen MR) is 92.0 cm³/mol. The Balaban J connectivity index is 1.53. The van der Waals surface area contributed by atoms with Crippen LogP contribution in [0, 0.1) is 0 Å². The molecule has 1 aliphatic heterocycles. The third-order valence-electron chi connectivity index (χ3n) is 4.32. The Morgan fingerprint density at radius 3 is 2.75 bits per heavy atom. The summed E-state index contributed by atoms with van der Waals surface area (Å²) < 4.78 is 1.72. The van der Waals surface area contributed by atoms with Crippen LogP contribution in [-0.4, -0.2) is 45.0 Å². The highest BCUT2D eigenvalue weighted by molar-refractivity contribution is 6.29. The molecule has 0 aromatic carbocycles. The standard InChI is InChI=1S/C16H21ClN6O/c1-2-13(23-9-3-8-18-23)16(24)19-12-6-10-22(11-7-12)15-5-4-14(17)20-21-15/h3-5,8-9,12-13H,2,6-7,10-11H2,1H3,(H,19,24). The first-order valence-electron chi connectivity index (χ1n) is 8.21. The first-order valence-corrected chi connectivity index (χ1v) is 8.59. The number of carbonyl (C=O) groups excluding carboxylic acids is 1. The van der Waals surface area contributed by atoms with Crippen LogP contribution in [0.15, 0.2) is 30.6 Å². The molecule has 0 saturated carbocycles. The summed E-state index contributed by atoms with van der Waals surface area (Å²) in [5.41, 5.74) is 0. The predicted octanol–water partition coefficient (Wildman–Crippen LogP) is 2.06. The van der Waals surface area contributed by atoms with Gasteiger partial charge in [-0.3, -0.25) is 9.48 Å². The molecule has 1 fully saturated rings. The van der Waals surface area contributed by atoms with Crippen LogP contribution >= 0.6 is 11.6 Å². The zero-order valence-corrected chi connectivity index (χ0v) is 14.4. The van der Waals surface area contributed by atoms with Crippen LogP contribution in [0.5, 0.6) is 0 Å². The smallest absolute Gasteiger partial charge is 0.245 e. The van der Waals surface area contributed by atoms with Crippen molar-refractivity contribution < 1.29 is 4.79 Å². The van der Waals surface area contributed by atoms with Crippen molar-refractivity contribution in [2.45, 2.75) is 38.3 Å². The number of amides is 1. The van der Waals surface area contributed by atoms with Crippen molar-refractivity contribution in [2.24, 2.45) is 0 Å². The molecule has 3 rings (SSSR count). The summed E-state index contributed by atoms with van der Waals surface area (Å²) in [7, 11) is 0. The molecule has 0 bridgehead atoms. The molecule has 2 aromatic heterocycles. The lowest BCUT2D eigenvalue weighted by Gasteiger charge is -2.33. The Hall–Kier alpha value is -2.15. The van der Waals surface area contributed by atoms with E-state index >= 15 is 0 Å². The van der Waals surface area contributed by atoms with Gasteiger partial charge in [-0.25, -0.2) is 0 Å². The van der Waals surface area contributed by atoms with E-state index in [2.05, 4.69) is 25.5 Å². The molecule has 2 aromatic rings. The Morgan fingerprint density at radius 2 is 2.17 bits per heavy atom. The molecule has 7 nitrogen and oxygen atoms in total. The van der Waals surface area contributed by atoms with Crippen molar-refractivity contribution in [2.75, 3.05) is 18.0 Å². The van der Waals surface area contributed by atoms with Crippen LogP contribution in [0.3, 0.4) is 0 Å². The zero-order valence-electron chi connectivity index (χ0n) is 13.6. The second-order valence-electron chi connectivity index (χ2n) is 5.89. The lowest BCUT2D eigenvalue weighted by atomic mass is 10.0. The lowest BCUT2D eigenvalue weighted by molar-refractivity contribution is -0.125. The fraction of sp³-hybridized carbons (Fsp3) is 0.500. The molecule has 3 heterocycles. The van der Waals surface area contributed by atoms with Gasteiger partial charge < -0.3 is 10.2 Å². The highest BCUT2D eigenvalue weighted by Crippen LogP contribution is 2.19. The van der Waals surface area contributed by atoms with Gasteiger partial charge in [0.05, 0.1) is 0 Å². The molecule has 1 aliphatic rings. The minimum Gasteiger partial charge on any atom is -0.355 e. The van der Waals surface area contributed by atoms with E-state index in [0.29, 0.717) is 11.6 Å². The molecular weight excluding hydrogens is 328 g/mol. The van der Waals surface area contributed by atoms with E-state index in [1.165, 1.54) is 0 Å². The molecule has 24 heavy (non-hydrogen) atoms. The Labute approximate surface area is 146 Å². The molecule has 1 atom stereocenters. The van der Waals surface area contributed by atoms with E-state index in [-0.39, 0.29) is 18.0 Å². The van der Waals surface area contributed by atoms with Gasteiger partial charge >= 0.3 is 0 Å². The quantitative estimate of drug-likeness (QED) is 0.895. The van der Waals surface area contributed by atoms with E-state index in [1.807, 2.05) is 25.3 Å². The third-order valence-corrected chi connectivity index (χ3v) is 4.52. The van der Waals surface area contributed by atoms with Crippen LogP contribution in [0.2, 0.25) is 5.15 Å². The lowest BCUT2D eigenvalue weighted by Crippen LogP contribution is -2.46. The third kappa shape index (κ3) is 3.84. The largest absolute Gasteiger partial charge is 0.355 e. The van der Waals surface area contributed by atoms with E-state index in [0.717, 1.165) is 31.7 Å². The number of rotatable bonds is 5. The first-order chi connectivity index (χ1) is 11.7. The van der Waals surface area contributed by atoms with Gasteiger partial charge in [-0.2, -0.15) is 5.10 Å². The van der Waals surface area contributed by atoms with Crippen molar-refractivity contribution in [1.29, 1.82) is 0 Å². The summed E-state index contributed by atoms with van der Waals surface area (Å²) in [4.78, 5) is 14.7. The monoisotopic (exact) mass is 348 g/mol. The van der Waals surface area contributed by atoms with Gasteiger partial charge in [-0.1, -0.05) is 18.5 Å². The molecule has 1 saturated heterocycles. The number of hydrogen-bond donors (Lipinski definition) is 1. The Morgan fingerprint density at radius 1 is 1.38 bits per heavy atom. The number of nitrogens with zero attached hydrogens (tertiary/aromatic N) is 5. The van der Waals surface area contributed by atoms with Crippen molar-refractivity contribution >= 4 is 23.3 Å². The van der Waals surface area contributed by atoms with E-state index < -0.39 is 0 Å². The number of hydrogen-bond acceptors (Lipinski definition) is 5. The van der Waals surface area contributed by atoms with E-state index in [9.17, 15) is 4.79 Å². The number of nitrogens with one attached hydrogen (secondary N) is 1. The van der Waals surface area contributed by atoms with Crippen LogP contribution in [-0.2, 0) is 4.79 Å². The molecule has 8 heteroatoms. The van der Waals surface area contributed by atoms with E-state index in [1.54, 1.807) is 16.9 Å². The number of anilines is 1. The maximum Gasteiger partial charge on any atom is 0.245 e. The van der Waals surface area contributed by atoms with E-state index in [4.69, 9.17) is 11.6 Å². The zero-order chi connectivity index (χ0) is 16.9. The van der Waals surface area contributed by atoms with Crippen molar-refractivity contribution in [3.63, 3.8) is 0 Å². The number of carbonyl (C=O) groups is 1. The summed E-state index contributed by atoms with van der Waals surface area (Å²) in [5.74, 6) is 0.859. The molecule has 128 valence electrons. The second kappa shape index (κ2) is 7.61. The Bertz CT molecular complexity index is 652. The summed E-state index contributed by atoms with van der Waals surface area (Å²) in [6, 6.07) is 5.38. The average Bonchev–Trinajstić information content (AvgIpc) is 3.11. The SMILES string of the molecule is CCC(C(=O)NC1CCN(c2ccc(Cl)nn2)CC1)n1cccn1. The molecule has 1 N–H and O–H groups in total. The van der Waals surface area contributed by atoms with Crippen molar-refractivity contribution in [3.8, 4) is 0 Å². The van der Waals surface area contributed by atoms with Gasteiger partial charge in [0.25, 0.3) is 0 Å². The maximum atomic E-state index is 12.5. The molecular formula is C16H21ClN6O. The van der Waals surface area contributed by atoms with Crippen LogP contribution in [0.1, 0.15) is 32.2 Å². The minimum absolute atomic E-state index is 0.0333. The molecule has 1 amide bonds. The highest BCUT2D eigenvalue weighted by Gasteiger charge is 2.25. The number of halogens is 1. The average molecular weight is 349 g/mol. The normalized spacial score (nSPS) is 16.8. The molecule has 0 spiro atoms. The minimum atomic E-state index is -0.250. The summed E-state index contributed by atoms with van der Waals surface area (Å²) in [5, 5.41) is 15.7. The van der Waals surface area contributed by atoms with Gasteiger partial charge in [0, 0.05) is 31.5 Å². The first kappa shape index (κ1) is 16.7. The summed E-state index contributed by atoms with van der Waals surface area (Å²) >= 11 is 5.77. The van der Waals surface area contributed by atoms with Crippen molar-refractivity contribution in [3.05, 3.63) is 35.7 Å². The Kier molecular flexibility index (Phi) is 5.30. The highest BCUT2D eigenvalue weighted by atomic mass is 35.5. The van der Waals surface area contributed by atoms with Crippen molar-refractivity contribution in [1.82, 2.24) is 25.3 Å². The topological polar surface area (TPSA) is 75.9 Å². The summed E-state index contributed by atoms with van der Waals surface area (Å²) in [6.45, 7) is 3.66. The number of aromatic nitrogens is 4.